The molecule has 10 heteroatoms. The van der Waals surface area contributed by atoms with Gasteiger partial charge in [0.2, 0.25) is 11.8 Å². The van der Waals surface area contributed by atoms with E-state index in [9.17, 15) is 24.6 Å². The number of urea groups is 1. The first-order valence-corrected chi connectivity index (χ1v) is 10.5. The number of ether oxygens (including phenoxy) is 1. The lowest BCUT2D eigenvalue weighted by Crippen LogP contribution is -2.65. The molecule has 0 aromatic rings. The minimum atomic E-state index is -1.07. The molecule has 6 unspecified atom stereocenters. The van der Waals surface area contributed by atoms with E-state index in [2.05, 4.69) is 10.6 Å². The molecule has 3 rings (SSSR count). The van der Waals surface area contributed by atoms with Gasteiger partial charge in [-0.25, -0.2) is 4.79 Å². The van der Waals surface area contributed by atoms with Gasteiger partial charge in [0.15, 0.2) is 6.29 Å². The Morgan fingerprint density at radius 2 is 1.83 bits per heavy atom. The number of amides is 4. The smallest absolute Gasteiger partial charge is 0.324 e. The molecule has 0 radical (unpaired) electrons. The molecule has 0 aromatic carbocycles. The highest BCUT2D eigenvalue weighted by Gasteiger charge is 2.42. The third-order valence-electron chi connectivity index (χ3n) is 6.32. The first kappa shape index (κ1) is 21.9. The molecule has 0 aromatic heterocycles. The van der Waals surface area contributed by atoms with E-state index in [1.807, 2.05) is 0 Å². The second kappa shape index (κ2) is 9.38. The summed E-state index contributed by atoms with van der Waals surface area (Å²) in [5.41, 5.74) is 6.03. The van der Waals surface area contributed by atoms with Crippen molar-refractivity contribution in [2.24, 2.45) is 11.7 Å². The zero-order valence-corrected chi connectivity index (χ0v) is 16.8. The minimum Gasteiger partial charge on any atom is -0.388 e. The quantitative estimate of drug-likeness (QED) is 0.404. The van der Waals surface area contributed by atoms with Crippen molar-refractivity contribution < 1.29 is 29.3 Å². The molecular weight excluding hydrogens is 380 g/mol. The van der Waals surface area contributed by atoms with Crippen LogP contribution in [0.4, 0.5) is 4.79 Å². The first-order chi connectivity index (χ1) is 13.8. The van der Waals surface area contributed by atoms with Crippen molar-refractivity contribution in [1.29, 1.82) is 0 Å². The Kier molecular flexibility index (Phi) is 7.10. The van der Waals surface area contributed by atoms with Crippen molar-refractivity contribution >= 4 is 17.8 Å². The number of rotatable bonds is 4. The van der Waals surface area contributed by atoms with Crippen molar-refractivity contribution in [2.45, 2.75) is 88.5 Å². The van der Waals surface area contributed by atoms with Crippen LogP contribution < -0.4 is 16.4 Å². The van der Waals surface area contributed by atoms with Crippen LogP contribution in [0, 0.1) is 5.92 Å². The Bertz CT molecular complexity index is 626. The maximum Gasteiger partial charge on any atom is 0.324 e. The summed E-state index contributed by atoms with van der Waals surface area (Å²) in [7, 11) is 0. The van der Waals surface area contributed by atoms with Crippen LogP contribution >= 0.6 is 0 Å². The number of nitrogens with two attached hydrogens (primary N) is 1. The molecule has 0 spiro atoms. The predicted octanol–water partition coefficient (Wildman–Crippen LogP) is -0.823. The number of hydrogen-bond acceptors (Lipinski definition) is 7. The summed E-state index contributed by atoms with van der Waals surface area (Å²) in [5.74, 6) is -0.860. The summed E-state index contributed by atoms with van der Waals surface area (Å²) in [6.07, 6.45) is 2.86. The highest BCUT2D eigenvalue weighted by molar-refractivity contribution is 5.99. The number of imide groups is 1. The van der Waals surface area contributed by atoms with Gasteiger partial charge in [-0.1, -0.05) is 19.3 Å². The van der Waals surface area contributed by atoms with Gasteiger partial charge < -0.3 is 30.9 Å². The normalized spacial score (nSPS) is 34.1. The topological polar surface area (TPSA) is 154 Å². The van der Waals surface area contributed by atoms with Gasteiger partial charge in [0, 0.05) is 13.0 Å². The van der Waals surface area contributed by atoms with Crippen LogP contribution in [0.1, 0.15) is 51.9 Å². The number of carbonyl (C=O) groups excluding carboxylic acids is 3. The first-order valence-electron chi connectivity index (χ1n) is 10.5. The molecule has 0 bridgehead atoms. The maximum atomic E-state index is 12.6. The number of aliphatic hydroxyl groups excluding tert-OH is 2. The number of hydrogen-bond donors (Lipinski definition) is 5. The van der Waals surface area contributed by atoms with Crippen LogP contribution in [-0.2, 0) is 14.3 Å². The van der Waals surface area contributed by atoms with Crippen molar-refractivity contribution in [3.63, 3.8) is 0 Å². The van der Waals surface area contributed by atoms with Gasteiger partial charge >= 0.3 is 6.03 Å². The number of carbonyl (C=O) groups is 3. The van der Waals surface area contributed by atoms with Crippen molar-refractivity contribution in [1.82, 2.24) is 15.5 Å². The van der Waals surface area contributed by atoms with E-state index >= 15 is 0 Å². The zero-order valence-electron chi connectivity index (χ0n) is 16.8. The summed E-state index contributed by atoms with van der Waals surface area (Å²) in [6, 6.07) is -2.76. The average Bonchev–Trinajstić information content (AvgIpc) is 2.64. The summed E-state index contributed by atoms with van der Waals surface area (Å²) in [4.78, 5) is 38.6. The summed E-state index contributed by atoms with van der Waals surface area (Å²) in [6.45, 7) is 1.96. The Balaban J connectivity index is 1.50. The van der Waals surface area contributed by atoms with Crippen LogP contribution in [0.15, 0.2) is 0 Å². The molecule has 1 saturated carbocycles. The standard InChI is InChI=1S/C19H32N4O6/c1-10-16(25)12(9-14(24)29-10)21-17(26)13-7-8-23(13)19(28)22-18(27)15(20)11-5-3-2-4-6-11/h10-16,24-25H,2-9,20H2,1H3,(H,21,26)(H,22,27,28). The highest BCUT2D eigenvalue weighted by atomic mass is 16.6. The monoisotopic (exact) mass is 412 g/mol. The van der Waals surface area contributed by atoms with Gasteiger partial charge in [0.05, 0.1) is 18.2 Å². The Morgan fingerprint density at radius 1 is 1.14 bits per heavy atom. The molecular formula is C19H32N4O6. The van der Waals surface area contributed by atoms with E-state index in [0.29, 0.717) is 13.0 Å². The predicted molar refractivity (Wildman–Crippen MR) is 102 cm³/mol. The van der Waals surface area contributed by atoms with Gasteiger partial charge in [-0.2, -0.15) is 0 Å². The molecule has 4 amide bonds. The molecule has 2 aliphatic heterocycles. The van der Waals surface area contributed by atoms with Crippen molar-refractivity contribution in [2.75, 3.05) is 6.54 Å². The van der Waals surface area contributed by atoms with Gasteiger partial charge in [0.25, 0.3) is 0 Å². The Labute approximate surface area is 170 Å². The van der Waals surface area contributed by atoms with E-state index in [4.69, 9.17) is 10.5 Å². The van der Waals surface area contributed by atoms with Gasteiger partial charge in [-0.15, -0.1) is 0 Å². The van der Waals surface area contributed by atoms with E-state index in [1.54, 1.807) is 6.92 Å². The molecule has 3 fully saturated rings. The van der Waals surface area contributed by atoms with Gasteiger partial charge in [-0.05, 0) is 32.1 Å². The third kappa shape index (κ3) is 5.06. The number of nitrogens with one attached hydrogen (secondary N) is 2. The summed E-state index contributed by atoms with van der Waals surface area (Å²) in [5, 5.41) is 24.8. The lowest BCUT2D eigenvalue weighted by atomic mass is 9.84. The minimum absolute atomic E-state index is 0.0604. The molecule has 6 atom stereocenters. The van der Waals surface area contributed by atoms with Crippen LogP contribution in [0.2, 0.25) is 0 Å². The molecule has 29 heavy (non-hydrogen) atoms. The SMILES string of the molecule is CC1OC(O)CC(NC(=O)C2CCN2C(=O)NC(=O)C(N)C2CCCCC2)C1O. The Morgan fingerprint density at radius 3 is 2.45 bits per heavy atom. The fourth-order valence-electron chi connectivity index (χ4n) is 4.36. The lowest BCUT2D eigenvalue weighted by Gasteiger charge is -2.42. The number of likely N-dealkylation sites (tertiary alicyclic amines) is 1. The van der Waals surface area contributed by atoms with Crippen LogP contribution in [0.3, 0.4) is 0 Å². The molecule has 164 valence electrons. The van der Waals surface area contributed by atoms with Crippen molar-refractivity contribution in [3.8, 4) is 0 Å². The Hall–Kier alpha value is -1.75. The van der Waals surface area contributed by atoms with E-state index in [0.717, 1.165) is 32.1 Å². The summed E-state index contributed by atoms with van der Waals surface area (Å²) < 4.78 is 5.12. The number of nitrogens with zero attached hydrogens (tertiary/aromatic N) is 1. The van der Waals surface area contributed by atoms with Crippen LogP contribution in [-0.4, -0.2) is 76.1 Å². The van der Waals surface area contributed by atoms with E-state index in [-0.39, 0.29) is 12.3 Å². The number of aliphatic hydroxyl groups is 2. The van der Waals surface area contributed by atoms with Gasteiger partial charge in [-0.3, -0.25) is 14.9 Å². The lowest BCUT2D eigenvalue weighted by molar-refractivity contribution is -0.203. The largest absolute Gasteiger partial charge is 0.388 e. The molecule has 6 N–H and O–H groups in total. The average molecular weight is 412 g/mol. The molecule has 2 heterocycles. The van der Waals surface area contributed by atoms with E-state index < -0.39 is 54.5 Å². The summed E-state index contributed by atoms with van der Waals surface area (Å²) >= 11 is 0. The highest BCUT2D eigenvalue weighted by Crippen LogP contribution is 2.26. The van der Waals surface area contributed by atoms with Crippen LogP contribution in [0.25, 0.3) is 0 Å². The molecule has 10 nitrogen and oxygen atoms in total. The maximum absolute atomic E-state index is 12.6. The fraction of sp³-hybridized carbons (Fsp3) is 0.842. The van der Waals surface area contributed by atoms with Crippen LogP contribution in [0.5, 0.6) is 0 Å². The fourth-order valence-corrected chi connectivity index (χ4v) is 4.36. The molecule has 3 aliphatic rings. The second-order valence-corrected chi connectivity index (χ2v) is 8.35. The third-order valence-corrected chi connectivity index (χ3v) is 6.32. The van der Waals surface area contributed by atoms with Crippen molar-refractivity contribution in [3.05, 3.63) is 0 Å². The zero-order chi connectivity index (χ0) is 21.1. The van der Waals surface area contributed by atoms with E-state index in [1.165, 1.54) is 4.90 Å². The molecule has 1 aliphatic carbocycles. The molecule has 2 saturated heterocycles. The second-order valence-electron chi connectivity index (χ2n) is 8.35. The van der Waals surface area contributed by atoms with Gasteiger partial charge in [0.1, 0.15) is 12.1 Å².